The van der Waals surface area contributed by atoms with Crippen LogP contribution in [0.4, 0.5) is 0 Å². The highest BCUT2D eigenvalue weighted by Gasteiger charge is 2.59. The highest BCUT2D eigenvalue weighted by Crippen LogP contribution is 2.48. The molecule has 2 aliphatic rings. The van der Waals surface area contributed by atoms with Gasteiger partial charge in [0.25, 0.3) is 0 Å². The van der Waals surface area contributed by atoms with Gasteiger partial charge in [0.2, 0.25) is 22.9 Å². The van der Waals surface area contributed by atoms with Crippen molar-refractivity contribution in [3.63, 3.8) is 0 Å². The second kappa shape index (κ2) is 16.1. The lowest BCUT2D eigenvalue weighted by atomic mass is 9.99. The van der Waals surface area contributed by atoms with Crippen molar-refractivity contribution in [2.45, 2.75) is 153 Å². The van der Waals surface area contributed by atoms with Crippen LogP contribution in [0.3, 0.4) is 0 Å². The molecule has 264 valence electrons. The Morgan fingerprint density at radius 1 is 0.804 bits per heavy atom. The molecule has 5 atom stereocenters. The van der Waals surface area contributed by atoms with Crippen molar-refractivity contribution in [1.29, 1.82) is 0 Å². The summed E-state index contributed by atoms with van der Waals surface area (Å²) in [6.45, 7) is 27.1. The molecule has 0 radical (unpaired) electrons. The van der Waals surface area contributed by atoms with Gasteiger partial charge in [-0.2, -0.15) is 0 Å². The van der Waals surface area contributed by atoms with Crippen molar-refractivity contribution < 1.29 is 42.4 Å². The van der Waals surface area contributed by atoms with E-state index in [2.05, 4.69) is 83.1 Å². The average molecular weight is 703 g/mol. The van der Waals surface area contributed by atoms with E-state index in [1.165, 1.54) is 7.11 Å². The highest BCUT2D eigenvalue weighted by molar-refractivity contribution is 6.78. The molecule has 0 saturated carbocycles. The Labute approximate surface area is 284 Å². The van der Waals surface area contributed by atoms with E-state index in [-0.39, 0.29) is 33.2 Å². The van der Waals surface area contributed by atoms with Crippen molar-refractivity contribution in [3.05, 3.63) is 28.8 Å². The number of aliphatic hydroxyl groups excluding tert-OH is 1. The van der Waals surface area contributed by atoms with E-state index in [0.717, 1.165) is 5.56 Å². The molecule has 1 aromatic rings. The monoisotopic (exact) mass is 702 g/mol. The zero-order valence-corrected chi connectivity index (χ0v) is 32.9. The Hall–Kier alpha value is -1.03. The van der Waals surface area contributed by atoms with Crippen molar-refractivity contribution in [2.24, 2.45) is 0 Å². The molecule has 2 aliphatic heterocycles. The Kier molecular flexibility index (Phi) is 13.8. The standard InChI is InChI=1S/C34H59ClO9Si2/c1-19(2)45(20(3)4,21(5)6)43-29-28(36)30(44-46(22(7)8,23(9)10)24(11)12)34(42-31(29)32(37)38-13)41-27-15-14-25(18-26(27)35)33-39-16-17-40-33/h14-15,18-24,28-31,33-34,36H,16-17H2,1-13H3/t28-,29-,30+,31-,34+/m0/s1. The van der Waals surface area contributed by atoms with Gasteiger partial charge in [-0.1, -0.05) is 101 Å². The van der Waals surface area contributed by atoms with E-state index in [1.54, 1.807) is 12.1 Å². The molecule has 0 unspecified atom stereocenters. The molecule has 2 heterocycles. The van der Waals surface area contributed by atoms with E-state index in [9.17, 15) is 9.90 Å². The Bertz CT molecular complexity index is 1100. The van der Waals surface area contributed by atoms with Crippen LogP contribution in [0.5, 0.6) is 5.75 Å². The van der Waals surface area contributed by atoms with Gasteiger partial charge in [0.05, 0.1) is 25.3 Å². The number of carbonyl (C=O) groups is 1. The fourth-order valence-electron chi connectivity index (χ4n) is 8.21. The van der Waals surface area contributed by atoms with Gasteiger partial charge < -0.3 is 37.6 Å². The number of benzene rings is 1. The van der Waals surface area contributed by atoms with Crippen molar-refractivity contribution in [1.82, 2.24) is 0 Å². The van der Waals surface area contributed by atoms with Gasteiger partial charge in [-0.25, -0.2) is 4.79 Å². The Balaban J connectivity index is 2.15. The minimum Gasteiger partial charge on any atom is -0.467 e. The van der Waals surface area contributed by atoms with Crippen LogP contribution in [0, 0.1) is 0 Å². The summed E-state index contributed by atoms with van der Waals surface area (Å²) in [5.41, 5.74) is 2.00. The minimum atomic E-state index is -2.61. The predicted octanol–water partition coefficient (Wildman–Crippen LogP) is 8.14. The van der Waals surface area contributed by atoms with Crippen LogP contribution < -0.4 is 4.74 Å². The van der Waals surface area contributed by atoms with E-state index in [1.807, 2.05) is 6.07 Å². The summed E-state index contributed by atoms with van der Waals surface area (Å²) in [7, 11) is -3.92. The molecule has 0 amide bonds. The number of hydrogen-bond donors (Lipinski definition) is 1. The summed E-state index contributed by atoms with van der Waals surface area (Å²) in [6.07, 6.45) is -6.19. The third kappa shape index (κ3) is 7.73. The third-order valence-electron chi connectivity index (χ3n) is 10.1. The predicted molar refractivity (Wildman–Crippen MR) is 185 cm³/mol. The molecule has 1 N–H and O–H groups in total. The maximum absolute atomic E-state index is 13.4. The van der Waals surface area contributed by atoms with Crippen LogP contribution in [0.15, 0.2) is 18.2 Å². The van der Waals surface area contributed by atoms with Gasteiger partial charge in [-0.3, -0.25) is 0 Å². The molecular formula is C34H59ClO9Si2. The number of hydrogen-bond acceptors (Lipinski definition) is 9. The maximum atomic E-state index is 13.4. The van der Waals surface area contributed by atoms with Gasteiger partial charge in [0.15, 0.2) is 12.4 Å². The number of esters is 1. The summed E-state index contributed by atoms with van der Waals surface area (Å²) >= 11 is 6.75. The van der Waals surface area contributed by atoms with Crippen molar-refractivity contribution >= 4 is 34.2 Å². The summed E-state index contributed by atoms with van der Waals surface area (Å²) in [5.74, 6) is -0.328. The molecule has 0 aliphatic carbocycles. The second-order valence-electron chi connectivity index (χ2n) is 14.6. The fourth-order valence-corrected chi connectivity index (χ4v) is 19.5. The molecular weight excluding hydrogens is 644 g/mol. The van der Waals surface area contributed by atoms with Gasteiger partial charge >= 0.3 is 5.97 Å². The lowest BCUT2D eigenvalue weighted by Crippen LogP contribution is -2.68. The summed E-state index contributed by atoms with van der Waals surface area (Å²) in [6, 6.07) is 5.27. The Morgan fingerprint density at radius 2 is 1.26 bits per heavy atom. The first-order valence-electron chi connectivity index (χ1n) is 16.9. The van der Waals surface area contributed by atoms with Crippen molar-refractivity contribution in [2.75, 3.05) is 20.3 Å². The largest absolute Gasteiger partial charge is 0.467 e. The summed E-state index contributed by atoms with van der Waals surface area (Å²) in [4.78, 5) is 13.4. The average Bonchev–Trinajstić information content (AvgIpc) is 3.51. The number of carbonyl (C=O) groups excluding carboxylic acids is 1. The van der Waals surface area contributed by atoms with E-state index >= 15 is 0 Å². The lowest BCUT2D eigenvalue weighted by molar-refractivity contribution is -0.266. The number of rotatable bonds is 14. The molecule has 2 fully saturated rings. The first kappa shape index (κ1) is 39.4. The van der Waals surface area contributed by atoms with Gasteiger partial charge in [-0.05, 0) is 45.4 Å². The minimum absolute atomic E-state index is 0.201. The normalized spacial score (nSPS) is 25.1. The summed E-state index contributed by atoms with van der Waals surface area (Å²) < 4.78 is 43.8. The zero-order valence-electron chi connectivity index (χ0n) is 30.2. The topological polar surface area (TPSA) is 102 Å². The Morgan fingerprint density at radius 3 is 1.67 bits per heavy atom. The van der Waals surface area contributed by atoms with Gasteiger partial charge in [-0.15, -0.1) is 0 Å². The first-order valence-corrected chi connectivity index (χ1v) is 21.6. The molecule has 1 aromatic carbocycles. The fraction of sp³-hybridized carbons (Fsp3) is 0.794. The quantitative estimate of drug-likeness (QED) is 0.152. The van der Waals surface area contributed by atoms with Crippen LogP contribution in [0.1, 0.15) is 94.9 Å². The number of methoxy groups -OCH3 is 1. The van der Waals surface area contributed by atoms with E-state index in [4.69, 9.17) is 44.1 Å². The third-order valence-corrected chi connectivity index (χ3v) is 22.6. The first-order chi connectivity index (χ1) is 21.4. The number of ether oxygens (including phenoxy) is 5. The molecule has 2 saturated heterocycles. The van der Waals surface area contributed by atoms with Crippen LogP contribution in [-0.2, 0) is 32.6 Å². The molecule has 12 heteroatoms. The maximum Gasteiger partial charge on any atom is 0.337 e. The van der Waals surface area contributed by atoms with Crippen LogP contribution in [0.25, 0.3) is 0 Å². The number of halogens is 1. The zero-order chi connectivity index (χ0) is 34.7. The molecule has 9 nitrogen and oxygen atoms in total. The van der Waals surface area contributed by atoms with Gasteiger partial charge in [0.1, 0.15) is 24.1 Å². The van der Waals surface area contributed by atoms with E-state index in [0.29, 0.717) is 24.0 Å². The molecule has 0 aromatic heterocycles. The van der Waals surface area contributed by atoms with Crippen LogP contribution >= 0.6 is 11.6 Å². The summed E-state index contributed by atoms with van der Waals surface area (Å²) in [5, 5.41) is 12.7. The van der Waals surface area contributed by atoms with Crippen molar-refractivity contribution in [3.8, 4) is 5.75 Å². The lowest BCUT2D eigenvalue weighted by Gasteiger charge is -2.53. The smallest absolute Gasteiger partial charge is 0.337 e. The van der Waals surface area contributed by atoms with Crippen LogP contribution in [0.2, 0.25) is 38.3 Å². The van der Waals surface area contributed by atoms with Gasteiger partial charge in [0, 0.05) is 5.56 Å². The molecule has 0 bridgehead atoms. The second-order valence-corrected chi connectivity index (χ2v) is 25.8. The molecule has 46 heavy (non-hydrogen) atoms. The molecule has 0 spiro atoms. The van der Waals surface area contributed by atoms with Crippen LogP contribution in [-0.4, -0.2) is 78.7 Å². The SMILES string of the molecule is COC(=O)[C@H]1O[C@@H](Oc2ccc(C3OCCO3)cc2Cl)[C@H](O[Si](C(C)C)(C(C)C)C(C)C)[C@@H](O)[C@@H]1O[Si](C(C)C)(C(C)C)C(C)C. The molecule has 3 rings (SSSR count). The number of aliphatic hydroxyl groups is 1. The van der Waals surface area contributed by atoms with E-state index < -0.39 is 59.6 Å². The highest BCUT2D eigenvalue weighted by atomic mass is 35.5.